The topological polar surface area (TPSA) is 33.3 Å². The molecule has 2 N–H and O–H groups in total. The normalized spacial score (nSPS) is 24.0. The van der Waals surface area contributed by atoms with Gasteiger partial charge in [0, 0.05) is 13.7 Å². The van der Waals surface area contributed by atoms with Crippen molar-refractivity contribution in [1.82, 2.24) is 10.6 Å². The number of halogens is 3. The highest BCUT2D eigenvalue weighted by Crippen LogP contribution is 2.39. The molecule has 0 aromatic rings. The molecule has 0 aromatic heterocycles. The molecule has 0 radical (unpaired) electrons. The fourth-order valence-electron chi connectivity index (χ4n) is 2.64. The minimum atomic E-state index is -3.99. The van der Waals surface area contributed by atoms with Crippen molar-refractivity contribution in [3.05, 3.63) is 0 Å². The van der Waals surface area contributed by atoms with Crippen LogP contribution in [0.4, 0.5) is 13.2 Å². The average molecular weight is 296 g/mol. The van der Waals surface area contributed by atoms with Crippen LogP contribution in [0.3, 0.4) is 0 Å². The Labute approximate surface area is 119 Å². The van der Waals surface area contributed by atoms with Crippen molar-refractivity contribution in [2.24, 2.45) is 11.8 Å². The SMILES string of the molecule is COCCNCCCNCC1CCC(C(F)(F)F)CC1. The maximum Gasteiger partial charge on any atom is 0.391 e. The first-order valence-corrected chi connectivity index (χ1v) is 7.51. The zero-order chi connectivity index (χ0) is 14.8. The summed E-state index contributed by atoms with van der Waals surface area (Å²) in [6, 6.07) is 0. The summed E-state index contributed by atoms with van der Waals surface area (Å²) in [7, 11) is 1.68. The number of rotatable bonds is 9. The second kappa shape index (κ2) is 9.58. The maximum absolute atomic E-state index is 12.5. The van der Waals surface area contributed by atoms with E-state index < -0.39 is 12.1 Å². The third-order valence-corrected chi connectivity index (χ3v) is 3.93. The van der Waals surface area contributed by atoms with E-state index in [-0.39, 0.29) is 0 Å². The fourth-order valence-corrected chi connectivity index (χ4v) is 2.64. The maximum atomic E-state index is 12.5. The first kappa shape index (κ1) is 17.7. The van der Waals surface area contributed by atoms with Crippen molar-refractivity contribution >= 4 is 0 Å². The van der Waals surface area contributed by atoms with Gasteiger partial charge < -0.3 is 15.4 Å². The van der Waals surface area contributed by atoms with E-state index in [9.17, 15) is 13.2 Å². The van der Waals surface area contributed by atoms with Crippen LogP contribution in [0.1, 0.15) is 32.1 Å². The number of methoxy groups -OCH3 is 1. The molecule has 20 heavy (non-hydrogen) atoms. The smallest absolute Gasteiger partial charge is 0.383 e. The van der Waals surface area contributed by atoms with Crippen LogP contribution in [0.2, 0.25) is 0 Å². The van der Waals surface area contributed by atoms with Crippen molar-refractivity contribution in [3.8, 4) is 0 Å². The minimum Gasteiger partial charge on any atom is -0.383 e. The average Bonchev–Trinajstić information content (AvgIpc) is 2.41. The third kappa shape index (κ3) is 7.45. The molecule has 0 bridgehead atoms. The lowest BCUT2D eigenvalue weighted by Gasteiger charge is -2.29. The molecule has 0 spiro atoms. The van der Waals surface area contributed by atoms with Crippen LogP contribution in [0.5, 0.6) is 0 Å². The molecule has 0 saturated heterocycles. The Kier molecular flexibility index (Phi) is 8.49. The van der Waals surface area contributed by atoms with Crippen LogP contribution in [0, 0.1) is 11.8 Å². The highest BCUT2D eigenvalue weighted by Gasteiger charge is 2.41. The van der Waals surface area contributed by atoms with Crippen LogP contribution in [-0.2, 0) is 4.74 Å². The molecule has 3 nitrogen and oxygen atoms in total. The van der Waals surface area contributed by atoms with Crippen LogP contribution in [-0.4, -0.2) is 46.1 Å². The molecule has 1 fully saturated rings. The van der Waals surface area contributed by atoms with Gasteiger partial charge in [0.2, 0.25) is 0 Å². The van der Waals surface area contributed by atoms with Gasteiger partial charge in [-0.25, -0.2) is 0 Å². The second-order valence-electron chi connectivity index (χ2n) is 5.56. The summed E-state index contributed by atoms with van der Waals surface area (Å²) < 4.78 is 42.5. The summed E-state index contributed by atoms with van der Waals surface area (Å²) >= 11 is 0. The molecular weight excluding hydrogens is 269 g/mol. The van der Waals surface area contributed by atoms with Crippen molar-refractivity contribution < 1.29 is 17.9 Å². The summed E-state index contributed by atoms with van der Waals surface area (Å²) in [5.74, 6) is -0.654. The zero-order valence-electron chi connectivity index (χ0n) is 12.3. The Bertz CT molecular complexity index is 241. The monoisotopic (exact) mass is 296 g/mol. The van der Waals surface area contributed by atoms with Crippen molar-refractivity contribution in [3.63, 3.8) is 0 Å². The zero-order valence-corrected chi connectivity index (χ0v) is 12.3. The molecule has 0 aliphatic heterocycles. The lowest BCUT2D eigenvalue weighted by molar-refractivity contribution is -0.183. The Morgan fingerprint density at radius 2 is 1.65 bits per heavy atom. The van der Waals surface area contributed by atoms with Gasteiger partial charge in [0.05, 0.1) is 12.5 Å². The minimum absolute atomic E-state index is 0.300. The first-order chi connectivity index (χ1) is 9.54. The standard InChI is InChI=1S/C14H27F3N2O/c1-20-10-9-18-7-2-8-19-11-12-3-5-13(6-4-12)14(15,16)17/h12-13,18-19H,2-11H2,1H3. The molecule has 0 amide bonds. The van der Waals surface area contributed by atoms with Gasteiger partial charge in [-0.05, 0) is 57.7 Å². The van der Waals surface area contributed by atoms with Crippen LogP contribution < -0.4 is 10.6 Å². The quantitative estimate of drug-likeness (QED) is 0.642. The summed E-state index contributed by atoms with van der Waals surface area (Å²) in [5.41, 5.74) is 0. The molecule has 0 heterocycles. The van der Waals surface area contributed by atoms with Gasteiger partial charge in [-0.3, -0.25) is 0 Å². The molecule has 120 valence electrons. The molecule has 0 unspecified atom stereocenters. The fraction of sp³-hybridized carbons (Fsp3) is 1.00. The van der Waals surface area contributed by atoms with E-state index in [2.05, 4.69) is 10.6 Å². The summed E-state index contributed by atoms with van der Waals surface area (Å²) in [5, 5.41) is 6.60. The largest absolute Gasteiger partial charge is 0.391 e. The number of hydrogen-bond donors (Lipinski definition) is 2. The molecule has 1 aliphatic carbocycles. The molecule has 1 saturated carbocycles. The number of alkyl halides is 3. The molecule has 0 atom stereocenters. The predicted octanol–water partition coefficient (Wildman–Crippen LogP) is 2.57. The molecule has 0 aromatic carbocycles. The number of nitrogens with one attached hydrogen (secondary N) is 2. The van der Waals surface area contributed by atoms with Crippen molar-refractivity contribution in [1.29, 1.82) is 0 Å². The van der Waals surface area contributed by atoms with Crippen molar-refractivity contribution in [2.75, 3.05) is 39.9 Å². The van der Waals surface area contributed by atoms with Gasteiger partial charge in [0.1, 0.15) is 0 Å². The lowest BCUT2D eigenvalue weighted by Crippen LogP contribution is -2.32. The highest BCUT2D eigenvalue weighted by atomic mass is 19.4. The van der Waals surface area contributed by atoms with E-state index in [1.54, 1.807) is 7.11 Å². The van der Waals surface area contributed by atoms with E-state index >= 15 is 0 Å². The third-order valence-electron chi connectivity index (χ3n) is 3.93. The summed E-state index contributed by atoms with van der Waals surface area (Å²) in [6.45, 7) is 4.28. The van der Waals surface area contributed by atoms with E-state index in [0.29, 0.717) is 31.6 Å². The lowest BCUT2D eigenvalue weighted by atomic mass is 9.81. The first-order valence-electron chi connectivity index (χ1n) is 7.51. The summed E-state index contributed by atoms with van der Waals surface area (Å²) in [6.07, 6.45) is -0.969. The van der Waals surface area contributed by atoms with E-state index in [1.807, 2.05) is 0 Å². The van der Waals surface area contributed by atoms with Gasteiger partial charge >= 0.3 is 6.18 Å². The van der Waals surface area contributed by atoms with Gasteiger partial charge in [-0.1, -0.05) is 0 Å². The van der Waals surface area contributed by atoms with Crippen LogP contribution in [0.25, 0.3) is 0 Å². The molecule has 6 heteroatoms. The molecule has 1 rings (SSSR count). The molecule has 1 aliphatic rings. The van der Waals surface area contributed by atoms with E-state index in [4.69, 9.17) is 4.74 Å². The molecular formula is C14H27F3N2O. The highest BCUT2D eigenvalue weighted by molar-refractivity contribution is 4.78. The van der Waals surface area contributed by atoms with Gasteiger partial charge in [0.15, 0.2) is 0 Å². The van der Waals surface area contributed by atoms with E-state index in [0.717, 1.165) is 39.2 Å². The summed E-state index contributed by atoms with van der Waals surface area (Å²) in [4.78, 5) is 0. The van der Waals surface area contributed by atoms with Crippen LogP contribution in [0.15, 0.2) is 0 Å². The Morgan fingerprint density at radius 3 is 2.25 bits per heavy atom. The number of hydrogen-bond acceptors (Lipinski definition) is 3. The van der Waals surface area contributed by atoms with Gasteiger partial charge in [0.25, 0.3) is 0 Å². The Morgan fingerprint density at radius 1 is 1.00 bits per heavy atom. The Balaban J connectivity index is 1.94. The van der Waals surface area contributed by atoms with Crippen LogP contribution >= 0.6 is 0 Å². The van der Waals surface area contributed by atoms with Gasteiger partial charge in [-0.2, -0.15) is 13.2 Å². The second-order valence-corrected chi connectivity index (χ2v) is 5.56. The van der Waals surface area contributed by atoms with Crippen molar-refractivity contribution in [2.45, 2.75) is 38.3 Å². The van der Waals surface area contributed by atoms with E-state index in [1.165, 1.54) is 0 Å². The number of ether oxygens (including phenoxy) is 1. The Hall–Kier alpha value is -0.330. The predicted molar refractivity (Wildman–Crippen MR) is 73.7 cm³/mol. The van der Waals surface area contributed by atoms with Gasteiger partial charge in [-0.15, -0.1) is 0 Å².